The van der Waals surface area contributed by atoms with Gasteiger partial charge in [0.25, 0.3) is 0 Å². The van der Waals surface area contributed by atoms with Crippen molar-refractivity contribution in [1.82, 2.24) is 9.88 Å². The highest BCUT2D eigenvalue weighted by Crippen LogP contribution is 2.27. The zero-order valence-corrected chi connectivity index (χ0v) is 15.9. The number of ether oxygens (including phenoxy) is 1. The minimum Gasteiger partial charge on any atom is -0.378 e. The third kappa shape index (κ3) is 4.53. The minimum absolute atomic E-state index is 0.743. The third-order valence-corrected chi connectivity index (χ3v) is 6.30. The molecule has 2 aliphatic heterocycles. The summed E-state index contributed by atoms with van der Waals surface area (Å²) in [6, 6.07) is 8.30. The molecule has 0 radical (unpaired) electrons. The van der Waals surface area contributed by atoms with E-state index in [4.69, 9.17) is 16.3 Å². The van der Waals surface area contributed by atoms with E-state index < -0.39 is 0 Å². The zero-order chi connectivity index (χ0) is 17.1. The molecule has 3 heterocycles. The molecule has 0 bridgehead atoms. The molecule has 0 aliphatic carbocycles. The molecule has 0 amide bonds. The van der Waals surface area contributed by atoms with E-state index in [0.29, 0.717) is 0 Å². The Bertz CT molecular complexity index is 684. The Morgan fingerprint density at radius 2 is 1.96 bits per heavy atom. The first kappa shape index (κ1) is 17.3. The molecule has 2 aliphatic rings. The van der Waals surface area contributed by atoms with Gasteiger partial charge < -0.3 is 9.64 Å². The van der Waals surface area contributed by atoms with Crippen LogP contribution in [-0.2, 0) is 17.7 Å². The average molecular weight is 378 g/mol. The van der Waals surface area contributed by atoms with Gasteiger partial charge in [-0.15, -0.1) is 11.3 Å². The van der Waals surface area contributed by atoms with Crippen LogP contribution in [0.1, 0.15) is 16.9 Å². The molecule has 4 nitrogen and oxygen atoms in total. The van der Waals surface area contributed by atoms with E-state index in [0.717, 1.165) is 55.3 Å². The number of benzene rings is 1. The second-order valence-corrected chi connectivity index (χ2v) is 8.46. The summed E-state index contributed by atoms with van der Waals surface area (Å²) in [6.07, 6.45) is 4.48. The van der Waals surface area contributed by atoms with Gasteiger partial charge in [-0.1, -0.05) is 23.7 Å². The van der Waals surface area contributed by atoms with Gasteiger partial charge in [-0.25, -0.2) is 4.98 Å². The maximum atomic E-state index is 5.98. The molecule has 0 saturated carbocycles. The highest BCUT2D eigenvalue weighted by Gasteiger charge is 2.23. The van der Waals surface area contributed by atoms with Crippen molar-refractivity contribution < 1.29 is 4.74 Å². The molecule has 1 aromatic carbocycles. The van der Waals surface area contributed by atoms with Crippen LogP contribution in [0, 0.1) is 5.92 Å². The molecule has 25 heavy (non-hydrogen) atoms. The summed E-state index contributed by atoms with van der Waals surface area (Å²) in [6.45, 7) is 6.93. The molecule has 0 N–H and O–H groups in total. The molecule has 1 aromatic heterocycles. The summed E-state index contributed by atoms with van der Waals surface area (Å²) in [5.74, 6) is 0.743. The number of thiazole rings is 1. The van der Waals surface area contributed by atoms with Gasteiger partial charge in [-0.2, -0.15) is 0 Å². The number of anilines is 1. The SMILES string of the molecule is Clc1ccc(CC2CCN(Cc3cnc(N4CCOCC4)s3)C2)cc1. The molecule has 2 aromatic rings. The number of hydrogen-bond acceptors (Lipinski definition) is 5. The van der Waals surface area contributed by atoms with Crippen LogP contribution in [-0.4, -0.2) is 49.3 Å². The van der Waals surface area contributed by atoms with Gasteiger partial charge in [-0.05, 0) is 43.0 Å². The second-order valence-electron chi connectivity index (χ2n) is 6.93. The second kappa shape index (κ2) is 8.04. The van der Waals surface area contributed by atoms with E-state index >= 15 is 0 Å². The van der Waals surface area contributed by atoms with E-state index in [2.05, 4.69) is 33.1 Å². The normalized spacial score (nSPS) is 21.8. The van der Waals surface area contributed by atoms with Crippen molar-refractivity contribution in [3.05, 3.63) is 45.9 Å². The number of rotatable bonds is 5. The number of nitrogens with zero attached hydrogens (tertiary/aromatic N) is 3. The fraction of sp³-hybridized carbons (Fsp3) is 0.526. The van der Waals surface area contributed by atoms with Crippen molar-refractivity contribution in [2.75, 3.05) is 44.3 Å². The molecule has 2 saturated heterocycles. The highest BCUT2D eigenvalue weighted by atomic mass is 35.5. The Morgan fingerprint density at radius 1 is 1.16 bits per heavy atom. The largest absolute Gasteiger partial charge is 0.378 e. The van der Waals surface area contributed by atoms with Crippen LogP contribution >= 0.6 is 22.9 Å². The van der Waals surface area contributed by atoms with Crippen LogP contribution in [0.2, 0.25) is 5.02 Å². The first-order chi connectivity index (χ1) is 12.3. The summed E-state index contributed by atoms with van der Waals surface area (Å²) in [5.41, 5.74) is 1.39. The lowest BCUT2D eigenvalue weighted by Gasteiger charge is -2.26. The Labute approximate surface area is 158 Å². The maximum Gasteiger partial charge on any atom is 0.185 e. The number of hydrogen-bond donors (Lipinski definition) is 0. The summed E-state index contributed by atoms with van der Waals surface area (Å²) >= 11 is 7.81. The summed E-state index contributed by atoms with van der Waals surface area (Å²) in [7, 11) is 0. The number of halogens is 1. The van der Waals surface area contributed by atoms with Gasteiger partial charge in [0.15, 0.2) is 5.13 Å². The van der Waals surface area contributed by atoms with Gasteiger partial charge >= 0.3 is 0 Å². The molecule has 0 spiro atoms. The van der Waals surface area contributed by atoms with E-state index in [1.807, 2.05) is 23.5 Å². The Balaban J connectivity index is 1.29. The highest BCUT2D eigenvalue weighted by molar-refractivity contribution is 7.15. The van der Waals surface area contributed by atoms with Crippen LogP contribution in [0.5, 0.6) is 0 Å². The first-order valence-corrected chi connectivity index (χ1v) is 10.2. The van der Waals surface area contributed by atoms with E-state index in [1.165, 1.54) is 30.0 Å². The monoisotopic (exact) mass is 377 g/mol. The van der Waals surface area contributed by atoms with Crippen LogP contribution in [0.4, 0.5) is 5.13 Å². The predicted octanol–water partition coefficient (Wildman–Crippen LogP) is 3.70. The van der Waals surface area contributed by atoms with E-state index in [1.54, 1.807) is 0 Å². The van der Waals surface area contributed by atoms with Gasteiger partial charge in [0.05, 0.1) is 13.2 Å². The molecule has 134 valence electrons. The van der Waals surface area contributed by atoms with Gasteiger partial charge in [0, 0.05) is 42.3 Å². The lowest BCUT2D eigenvalue weighted by molar-refractivity contribution is 0.122. The molecule has 1 atom stereocenters. The van der Waals surface area contributed by atoms with Gasteiger partial charge in [-0.3, -0.25) is 4.90 Å². The van der Waals surface area contributed by atoms with Crippen molar-refractivity contribution in [2.24, 2.45) is 5.92 Å². The Morgan fingerprint density at radius 3 is 2.76 bits per heavy atom. The lowest BCUT2D eigenvalue weighted by atomic mass is 9.99. The lowest BCUT2D eigenvalue weighted by Crippen LogP contribution is -2.36. The van der Waals surface area contributed by atoms with Crippen LogP contribution in [0.15, 0.2) is 30.5 Å². The zero-order valence-electron chi connectivity index (χ0n) is 14.4. The average Bonchev–Trinajstić information content (AvgIpc) is 3.28. The summed E-state index contributed by atoms with van der Waals surface area (Å²) < 4.78 is 5.42. The summed E-state index contributed by atoms with van der Waals surface area (Å²) in [5, 5.41) is 1.97. The van der Waals surface area contributed by atoms with E-state index in [-0.39, 0.29) is 0 Å². The van der Waals surface area contributed by atoms with Crippen molar-refractivity contribution >= 4 is 28.1 Å². The standard InChI is InChI=1S/C19H24ClN3OS/c20-17-3-1-15(2-4-17)11-16-5-6-22(13-16)14-18-12-21-19(25-18)23-7-9-24-10-8-23/h1-4,12,16H,5-11,13-14H2. The molecule has 1 unspecified atom stereocenters. The maximum absolute atomic E-state index is 5.98. The Hall–Kier alpha value is -1.14. The number of morpholine rings is 1. The quantitative estimate of drug-likeness (QED) is 0.794. The van der Waals surface area contributed by atoms with Gasteiger partial charge in [0.1, 0.15) is 0 Å². The van der Waals surface area contributed by atoms with Crippen molar-refractivity contribution in [1.29, 1.82) is 0 Å². The Kier molecular flexibility index (Phi) is 5.56. The van der Waals surface area contributed by atoms with Gasteiger partial charge in [0.2, 0.25) is 0 Å². The van der Waals surface area contributed by atoms with Crippen molar-refractivity contribution in [3.8, 4) is 0 Å². The molecule has 4 rings (SSSR count). The topological polar surface area (TPSA) is 28.6 Å². The number of likely N-dealkylation sites (tertiary alicyclic amines) is 1. The molecular weight excluding hydrogens is 354 g/mol. The van der Waals surface area contributed by atoms with Crippen LogP contribution < -0.4 is 4.90 Å². The third-order valence-electron chi connectivity index (χ3n) is 5.01. The van der Waals surface area contributed by atoms with E-state index in [9.17, 15) is 0 Å². The van der Waals surface area contributed by atoms with Crippen LogP contribution in [0.25, 0.3) is 0 Å². The van der Waals surface area contributed by atoms with Crippen molar-refractivity contribution in [3.63, 3.8) is 0 Å². The fourth-order valence-corrected chi connectivity index (χ4v) is 4.80. The molecular formula is C19H24ClN3OS. The predicted molar refractivity (Wildman–Crippen MR) is 104 cm³/mol. The minimum atomic E-state index is 0.743. The smallest absolute Gasteiger partial charge is 0.185 e. The summed E-state index contributed by atoms with van der Waals surface area (Å²) in [4.78, 5) is 10.9. The van der Waals surface area contributed by atoms with Crippen LogP contribution in [0.3, 0.4) is 0 Å². The molecule has 6 heteroatoms. The fourth-order valence-electron chi connectivity index (χ4n) is 3.67. The number of aromatic nitrogens is 1. The first-order valence-electron chi connectivity index (χ1n) is 9.00. The molecule has 2 fully saturated rings. The van der Waals surface area contributed by atoms with Crippen molar-refractivity contribution in [2.45, 2.75) is 19.4 Å².